The lowest BCUT2D eigenvalue weighted by atomic mass is 10.2. The van der Waals surface area contributed by atoms with Crippen LogP contribution in [0.1, 0.15) is 17.8 Å². The number of nitrogens with zero attached hydrogens (tertiary/aromatic N) is 4. The molecule has 0 N–H and O–H groups in total. The zero-order valence-electron chi connectivity index (χ0n) is 14.1. The summed E-state index contributed by atoms with van der Waals surface area (Å²) < 4.78 is 65.7. The summed E-state index contributed by atoms with van der Waals surface area (Å²) in [6.07, 6.45) is 0.974. The molecule has 1 aromatic carbocycles. The van der Waals surface area contributed by atoms with Gasteiger partial charge in [0, 0.05) is 32.7 Å². The first-order valence-corrected chi connectivity index (χ1v) is 9.52. The highest BCUT2D eigenvalue weighted by Crippen LogP contribution is 2.24. The van der Waals surface area contributed by atoms with Crippen molar-refractivity contribution in [1.29, 1.82) is 0 Å². The monoisotopic (exact) mass is 388 g/mol. The van der Waals surface area contributed by atoms with E-state index in [1.807, 2.05) is 0 Å². The van der Waals surface area contributed by atoms with Crippen molar-refractivity contribution >= 4 is 10.0 Å². The van der Waals surface area contributed by atoms with Crippen LogP contribution in [0.4, 0.5) is 13.2 Å². The van der Waals surface area contributed by atoms with E-state index < -0.39 is 16.6 Å². The highest BCUT2D eigenvalue weighted by atomic mass is 32.2. The second-order valence-electron chi connectivity index (χ2n) is 6.12. The Morgan fingerprint density at radius 3 is 2.27 bits per heavy atom. The summed E-state index contributed by atoms with van der Waals surface area (Å²) >= 11 is 0. The third kappa shape index (κ3) is 3.76. The standard InChI is InChI=1S/C16H19F3N4O2S/c1-12-15(10-20-23(12)16(18)19)26(24,25)22-8-6-21(7-9-22)11-13-2-4-14(17)5-3-13/h2-5,10,16H,6-9,11H2,1H3. The van der Waals surface area contributed by atoms with Crippen molar-refractivity contribution in [2.75, 3.05) is 26.2 Å². The third-order valence-electron chi connectivity index (χ3n) is 4.45. The average molecular weight is 388 g/mol. The molecule has 0 amide bonds. The highest BCUT2D eigenvalue weighted by Gasteiger charge is 2.32. The van der Waals surface area contributed by atoms with Gasteiger partial charge in [-0.15, -0.1) is 0 Å². The number of hydrogen-bond acceptors (Lipinski definition) is 4. The molecule has 0 spiro atoms. The zero-order chi connectivity index (χ0) is 18.9. The minimum absolute atomic E-state index is 0.0752. The summed E-state index contributed by atoms with van der Waals surface area (Å²) in [5.74, 6) is -0.302. The second-order valence-corrected chi connectivity index (χ2v) is 8.03. The summed E-state index contributed by atoms with van der Waals surface area (Å²) in [4.78, 5) is 1.87. The van der Waals surface area contributed by atoms with Gasteiger partial charge in [0.05, 0.1) is 11.9 Å². The first-order valence-electron chi connectivity index (χ1n) is 8.08. The predicted octanol–water partition coefficient (Wildman–Crippen LogP) is 2.23. The van der Waals surface area contributed by atoms with E-state index in [-0.39, 0.29) is 29.5 Å². The molecule has 3 rings (SSSR count). The molecule has 1 aliphatic rings. The molecule has 0 bridgehead atoms. The Kier molecular flexibility index (Phi) is 5.35. The Labute approximate surface area is 149 Å². The first kappa shape index (κ1) is 18.9. The van der Waals surface area contributed by atoms with Gasteiger partial charge in [-0.1, -0.05) is 12.1 Å². The van der Waals surface area contributed by atoms with Crippen molar-refractivity contribution in [3.63, 3.8) is 0 Å². The maximum absolute atomic E-state index is 13.0. The molecule has 0 aliphatic carbocycles. The van der Waals surface area contributed by atoms with Gasteiger partial charge in [-0.2, -0.15) is 18.2 Å². The number of alkyl halides is 2. The van der Waals surface area contributed by atoms with Crippen LogP contribution in [-0.4, -0.2) is 53.6 Å². The number of halogens is 3. The zero-order valence-corrected chi connectivity index (χ0v) is 15.0. The number of sulfonamides is 1. The van der Waals surface area contributed by atoms with E-state index in [1.54, 1.807) is 12.1 Å². The molecule has 142 valence electrons. The molecule has 1 aromatic heterocycles. The third-order valence-corrected chi connectivity index (χ3v) is 6.45. The Bertz CT molecular complexity index is 860. The molecule has 1 saturated heterocycles. The van der Waals surface area contributed by atoms with Gasteiger partial charge >= 0.3 is 6.55 Å². The Morgan fingerprint density at radius 1 is 1.12 bits per heavy atom. The van der Waals surface area contributed by atoms with Crippen molar-refractivity contribution in [1.82, 2.24) is 19.0 Å². The van der Waals surface area contributed by atoms with Gasteiger partial charge in [-0.05, 0) is 24.6 Å². The average Bonchev–Trinajstić information content (AvgIpc) is 3.00. The van der Waals surface area contributed by atoms with E-state index in [2.05, 4.69) is 10.00 Å². The maximum atomic E-state index is 13.0. The summed E-state index contributed by atoms with van der Waals surface area (Å²) in [7, 11) is -3.87. The molecule has 1 aliphatic heterocycles. The molecule has 6 nitrogen and oxygen atoms in total. The van der Waals surface area contributed by atoms with Crippen LogP contribution in [-0.2, 0) is 16.6 Å². The Balaban J connectivity index is 1.66. The maximum Gasteiger partial charge on any atom is 0.333 e. The van der Waals surface area contributed by atoms with Crippen molar-refractivity contribution in [3.05, 3.63) is 47.5 Å². The van der Waals surface area contributed by atoms with E-state index in [1.165, 1.54) is 23.4 Å². The largest absolute Gasteiger partial charge is 0.333 e. The van der Waals surface area contributed by atoms with Crippen molar-refractivity contribution < 1.29 is 21.6 Å². The van der Waals surface area contributed by atoms with Gasteiger partial charge in [0.25, 0.3) is 0 Å². The molecule has 26 heavy (non-hydrogen) atoms. The smallest absolute Gasteiger partial charge is 0.296 e. The van der Waals surface area contributed by atoms with Crippen LogP contribution in [0, 0.1) is 12.7 Å². The van der Waals surface area contributed by atoms with Gasteiger partial charge in [-0.3, -0.25) is 4.90 Å². The van der Waals surface area contributed by atoms with Crippen LogP contribution >= 0.6 is 0 Å². The number of hydrogen-bond donors (Lipinski definition) is 0. The normalized spacial score (nSPS) is 17.1. The van der Waals surface area contributed by atoms with Crippen LogP contribution in [0.5, 0.6) is 0 Å². The van der Waals surface area contributed by atoms with Crippen LogP contribution in [0.2, 0.25) is 0 Å². The number of aromatic nitrogens is 2. The van der Waals surface area contributed by atoms with E-state index in [9.17, 15) is 21.6 Å². The second kappa shape index (κ2) is 7.37. The van der Waals surface area contributed by atoms with E-state index in [0.29, 0.717) is 24.3 Å². The molecular formula is C16H19F3N4O2S. The lowest BCUT2D eigenvalue weighted by Gasteiger charge is -2.33. The lowest BCUT2D eigenvalue weighted by molar-refractivity contribution is 0.0541. The fourth-order valence-corrected chi connectivity index (χ4v) is 4.54. The number of rotatable bonds is 5. The molecule has 2 aromatic rings. The van der Waals surface area contributed by atoms with Gasteiger partial charge in [0.2, 0.25) is 10.0 Å². The van der Waals surface area contributed by atoms with Gasteiger partial charge in [0.1, 0.15) is 10.7 Å². The molecule has 1 fully saturated rings. The number of benzene rings is 1. The summed E-state index contributed by atoms with van der Waals surface area (Å²) in [6.45, 7) is 0.530. The SMILES string of the molecule is Cc1c(S(=O)(=O)N2CCN(Cc3ccc(F)cc3)CC2)cnn1C(F)F. The molecular weight excluding hydrogens is 369 g/mol. The topological polar surface area (TPSA) is 58.4 Å². The minimum atomic E-state index is -3.87. The molecule has 0 saturated carbocycles. The van der Waals surface area contributed by atoms with Crippen molar-refractivity contribution in [2.24, 2.45) is 0 Å². The van der Waals surface area contributed by atoms with Crippen LogP contribution in [0.15, 0.2) is 35.4 Å². The minimum Gasteiger partial charge on any atom is -0.296 e. The fraction of sp³-hybridized carbons (Fsp3) is 0.438. The molecule has 0 radical (unpaired) electrons. The van der Waals surface area contributed by atoms with Crippen molar-refractivity contribution in [3.8, 4) is 0 Å². The Hall–Kier alpha value is -1.91. The van der Waals surface area contributed by atoms with Crippen LogP contribution in [0.3, 0.4) is 0 Å². The summed E-state index contributed by atoms with van der Waals surface area (Å²) in [6, 6.07) is 6.17. The van der Waals surface area contributed by atoms with Crippen LogP contribution in [0.25, 0.3) is 0 Å². The Morgan fingerprint density at radius 2 is 1.73 bits per heavy atom. The molecule has 0 unspecified atom stereocenters. The molecule has 0 atom stereocenters. The fourth-order valence-electron chi connectivity index (χ4n) is 2.97. The predicted molar refractivity (Wildman–Crippen MR) is 88.7 cm³/mol. The van der Waals surface area contributed by atoms with E-state index >= 15 is 0 Å². The highest BCUT2D eigenvalue weighted by molar-refractivity contribution is 7.89. The number of piperazine rings is 1. The summed E-state index contributed by atoms with van der Waals surface area (Å²) in [5, 5.41) is 3.47. The van der Waals surface area contributed by atoms with E-state index in [4.69, 9.17) is 0 Å². The van der Waals surface area contributed by atoms with Crippen LogP contribution < -0.4 is 0 Å². The van der Waals surface area contributed by atoms with Gasteiger partial charge in [-0.25, -0.2) is 17.5 Å². The molecule has 10 heteroatoms. The quantitative estimate of drug-likeness (QED) is 0.788. The first-order chi connectivity index (χ1) is 12.3. The van der Waals surface area contributed by atoms with E-state index in [0.717, 1.165) is 11.8 Å². The molecule has 2 heterocycles. The summed E-state index contributed by atoms with van der Waals surface area (Å²) in [5.41, 5.74) is 0.866. The van der Waals surface area contributed by atoms with Gasteiger partial charge < -0.3 is 0 Å². The van der Waals surface area contributed by atoms with Gasteiger partial charge in [0.15, 0.2) is 0 Å². The lowest BCUT2D eigenvalue weighted by Crippen LogP contribution is -2.48. The van der Waals surface area contributed by atoms with Crippen molar-refractivity contribution in [2.45, 2.75) is 24.9 Å².